The number of non-ortho nitro benzene ring substituents is 1. The summed E-state index contributed by atoms with van der Waals surface area (Å²) in [4.78, 5) is 21.8. The van der Waals surface area contributed by atoms with Crippen LogP contribution in [0, 0.1) is 17.0 Å². The fraction of sp³-hybridized carbons (Fsp3) is 0.0714. The van der Waals surface area contributed by atoms with Crippen LogP contribution in [-0.2, 0) is 0 Å². The second kappa shape index (κ2) is 6.93. The number of amides is 1. The van der Waals surface area contributed by atoms with E-state index in [1.165, 1.54) is 18.3 Å². The van der Waals surface area contributed by atoms with Crippen LogP contribution in [0.15, 0.2) is 41.5 Å². The smallest absolute Gasteiger partial charge is 0.282 e. The van der Waals surface area contributed by atoms with Gasteiger partial charge in [-0.15, -0.1) is 0 Å². The molecule has 8 heteroatoms. The van der Waals surface area contributed by atoms with Gasteiger partial charge in [0.2, 0.25) is 0 Å². The van der Waals surface area contributed by atoms with E-state index in [-0.39, 0.29) is 11.4 Å². The number of benzene rings is 1. The predicted octanol–water partition coefficient (Wildman–Crippen LogP) is 2.06. The molecule has 1 aromatic carbocycles. The number of carbonyl (C=O) groups excluding carboxylic acids is 1. The molecule has 0 spiro atoms. The Kier molecular flexibility index (Phi) is 4.76. The molecule has 1 aromatic heterocycles. The molecule has 0 radical (unpaired) electrons. The largest absolute Gasteiger partial charge is 0.291 e. The summed E-state index contributed by atoms with van der Waals surface area (Å²) in [5.74, 6) is -0.427. The minimum Gasteiger partial charge on any atom is -0.282 e. The monoisotopic (exact) mass is 299 g/mol. The number of hydrogen-bond acceptors (Lipinski definition) is 5. The van der Waals surface area contributed by atoms with E-state index in [0.717, 1.165) is 5.69 Å². The van der Waals surface area contributed by atoms with Crippen molar-refractivity contribution in [2.75, 3.05) is 0 Å². The van der Waals surface area contributed by atoms with E-state index in [0.29, 0.717) is 5.56 Å². The van der Waals surface area contributed by atoms with E-state index in [4.69, 9.17) is 0 Å². The van der Waals surface area contributed by atoms with Gasteiger partial charge in [0.05, 0.1) is 4.92 Å². The van der Waals surface area contributed by atoms with E-state index >= 15 is 0 Å². The SMILES string of the molecule is Cc1cc(C(=O)N/N=C\C=C\c2cccc([N+](=O)[O-])c2)n[nH]1. The third-order valence-corrected chi connectivity index (χ3v) is 2.63. The number of H-pyrrole nitrogens is 1. The average molecular weight is 299 g/mol. The second-order valence-corrected chi connectivity index (χ2v) is 4.37. The second-order valence-electron chi connectivity index (χ2n) is 4.37. The first-order chi connectivity index (χ1) is 10.6. The third-order valence-electron chi connectivity index (χ3n) is 2.63. The predicted molar refractivity (Wildman–Crippen MR) is 81.4 cm³/mol. The molecule has 0 atom stereocenters. The van der Waals surface area contributed by atoms with Crippen molar-refractivity contribution in [3.8, 4) is 0 Å². The maximum Gasteiger partial charge on any atom is 0.291 e. The average Bonchev–Trinajstić information content (AvgIpc) is 2.93. The van der Waals surface area contributed by atoms with Crippen LogP contribution in [-0.4, -0.2) is 27.2 Å². The summed E-state index contributed by atoms with van der Waals surface area (Å²) in [6.45, 7) is 1.79. The summed E-state index contributed by atoms with van der Waals surface area (Å²) in [6, 6.07) is 7.77. The molecule has 0 saturated carbocycles. The van der Waals surface area contributed by atoms with Crippen LogP contribution in [0.4, 0.5) is 5.69 Å². The molecule has 0 saturated heterocycles. The van der Waals surface area contributed by atoms with Gasteiger partial charge in [-0.25, -0.2) is 5.43 Å². The van der Waals surface area contributed by atoms with Crippen molar-refractivity contribution in [3.05, 3.63) is 63.5 Å². The molecule has 0 aliphatic carbocycles. The minimum absolute atomic E-state index is 0.0151. The molecule has 2 rings (SSSR count). The number of aromatic nitrogens is 2. The number of hydrogen-bond donors (Lipinski definition) is 2. The first kappa shape index (κ1) is 15.1. The highest BCUT2D eigenvalue weighted by Gasteiger charge is 2.07. The van der Waals surface area contributed by atoms with Crippen molar-refractivity contribution in [3.63, 3.8) is 0 Å². The minimum atomic E-state index is -0.461. The fourth-order valence-electron chi connectivity index (χ4n) is 1.63. The Morgan fingerprint density at radius 2 is 2.27 bits per heavy atom. The topological polar surface area (TPSA) is 113 Å². The molecule has 2 N–H and O–H groups in total. The number of rotatable bonds is 5. The van der Waals surface area contributed by atoms with E-state index in [1.807, 2.05) is 0 Å². The summed E-state index contributed by atoms with van der Waals surface area (Å²) >= 11 is 0. The lowest BCUT2D eigenvalue weighted by Crippen LogP contribution is -2.17. The lowest BCUT2D eigenvalue weighted by Gasteiger charge is -1.94. The lowest BCUT2D eigenvalue weighted by molar-refractivity contribution is -0.384. The zero-order chi connectivity index (χ0) is 15.9. The number of nitro benzene ring substituents is 1. The standard InChI is InChI=1S/C14H13N5O3/c1-10-8-13(17-16-10)14(20)18-15-7-3-5-11-4-2-6-12(9-11)19(21)22/h2-9H,1H3,(H,16,17)(H,18,20)/b5-3+,15-7-. The number of hydrazone groups is 1. The van der Waals surface area contributed by atoms with Crippen molar-refractivity contribution in [1.82, 2.24) is 15.6 Å². The summed E-state index contributed by atoms with van der Waals surface area (Å²) in [6.07, 6.45) is 4.58. The summed E-state index contributed by atoms with van der Waals surface area (Å²) in [5.41, 5.74) is 4.02. The van der Waals surface area contributed by atoms with Crippen molar-refractivity contribution in [1.29, 1.82) is 0 Å². The van der Waals surface area contributed by atoms with Crippen molar-refractivity contribution in [2.45, 2.75) is 6.92 Å². The molecule has 22 heavy (non-hydrogen) atoms. The normalized spacial score (nSPS) is 11.1. The van der Waals surface area contributed by atoms with Crippen LogP contribution in [0.5, 0.6) is 0 Å². The Labute approximate surface area is 125 Å². The van der Waals surface area contributed by atoms with Crippen LogP contribution in [0.1, 0.15) is 21.7 Å². The van der Waals surface area contributed by atoms with Crippen molar-refractivity contribution < 1.29 is 9.72 Å². The van der Waals surface area contributed by atoms with Gasteiger partial charge in [0, 0.05) is 24.0 Å². The number of aromatic amines is 1. The summed E-state index contributed by atoms with van der Waals surface area (Å²) in [7, 11) is 0. The molecule has 1 heterocycles. The number of carbonyl (C=O) groups is 1. The highest BCUT2D eigenvalue weighted by atomic mass is 16.6. The number of nitrogens with zero attached hydrogens (tertiary/aromatic N) is 3. The number of nitrogens with one attached hydrogen (secondary N) is 2. The zero-order valence-electron chi connectivity index (χ0n) is 11.7. The summed E-state index contributed by atoms with van der Waals surface area (Å²) < 4.78 is 0. The van der Waals surface area contributed by atoms with Gasteiger partial charge in [-0.2, -0.15) is 10.2 Å². The van der Waals surface area contributed by atoms with Gasteiger partial charge in [0.15, 0.2) is 5.69 Å². The number of nitro groups is 1. The van der Waals surface area contributed by atoms with Crippen LogP contribution >= 0.6 is 0 Å². The van der Waals surface area contributed by atoms with Crippen LogP contribution < -0.4 is 5.43 Å². The molecule has 0 bridgehead atoms. The van der Waals surface area contributed by atoms with Crippen LogP contribution in [0.3, 0.4) is 0 Å². The molecule has 0 unspecified atom stereocenters. The van der Waals surface area contributed by atoms with Gasteiger partial charge >= 0.3 is 0 Å². The zero-order valence-corrected chi connectivity index (χ0v) is 11.7. The van der Waals surface area contributed by atoms with E-state index in [1.54, 1.807) is 37.3 Å². The van der Waals surface area contributed by atoms with Gasteiger partial charge in [0.25, 0.3) is 11.6 Å². The third kappa shape index (κ3) is 4.10. The Bertz CT molecular complexity index is 748. The number of allylic oxidation sites excluding steroid dienone is 1. The first-order valence-corrected chi connectivity index (χ1v) is 6.33. The van der Waals surface area contributed by atoms with E-state index < -0.39 is 10.8 Å². The van der Waals surface area contributed by atoms with Crippen molar-refractivity contribution in [2.24, 2.45) is 5.10 Å². The molecule has 0 aliphatic heterocycles. The lowest BCUT2D eigenvalue weighted by atomic mass is 10.2. The van der Waals surface area contributed by atoms with Gasteiger partial charge in [-0.3, -0.25) is 20.0 Å². The van der Waals surface area contributed by atoms with E-state index in [2.05, 4.69) is 20.7 Å². The molecular formula is C14H13N5O3. The maximum atomic E-state index is 11.6. The fourth-order valence-corrected chi connectivity index (χ4v) is 1.63. The highest BCUT2D eigenvalue weighted by molar-refractivity contribution is 5.93. The Hall–Kier alpha value is -3.29. The molecule has 2 aromatic rings. The maximum absolute atomic E-state index is 11.6. The molecule has 0 fully saturated rings. The number of aryl methyl sites for hydroxylation is 1. The van der Waals surface area contributed by atoms with Gasteiger partial charge in [-0.1, -0.05) is 18.2 Å². The quantitative estimate of drug-likeness (QED) is 0.499. The Morgan fingerprint density at radius 1 is 1.45 bits per heavy atom. The van der Waals surface area contributed by atoms with Gasteiger partial charge < -0.3 is 0 Å². The molecule has 8 nitrogen and oxygen atoms in total. The Morgan fingerprint density at radius 3 is 2.95 bits per heavy atom. The molecule has 0 aliphatic rings. The summed E-state index contributed by atoms with van der Waals surface area (Å²) in [5, 5.41) is 20.8. The molecular weight excluding hydrogens is 286 g/mol. The van der Waals surface area contributed by atoms with Gasteiger partial charge in [0.1, 0.15) is 0 Å². The van der Waals surface area contributed by atoms with Crippen molar-refractivity contribution >= 4 is 23.9 Å². The van der Waals surface area contributed by atoms with Crippen LogP contribution in [0.2, 0.25) is 0 Å². The molecule has 1 amide bonds. The first-order valence-electron chi connectivity index (χ1n) is 6.33. The highest BCUT2D eigenvalue weighted by Crippen LogP contribution is 2.13. The Balaban J connectivity index is 1.90. The van der Waals surface area contributed by atoms with E-state index in [9.17, 15) is 14.9 Å². The van der Waals surface area contributed by atoms with Gasteiger partial charge in [-0.05, 0) is 24.6 Å². The van der Waals surface area contributed by atoms with Crippen LogP contribution in [0.25, 0.3) is 6.08 Å². The molecule has 112 valence electrons.